The number of hydrogen-bond donors (Lipinski definition) is 11. The lowest BCUT2D eigenvalue weighted by atomic mass is 10.0. The minimum Gasteiger partial charge on any atom is -0.481 e. The number of hydrogen-bond acceptors (Lipinski definition) is 13. The van der Waals surface area contributed by atoms with Crippen molar-refractivity contribution in [2.45, 2.75) is 160 Å². The van der Waals surface area contributed by atoms with Gasteiger partial charge in [0.15, 0.2) is 0 Å². The van der Waals surface area contributed by atoms with Gasteiger partial charge in [-0.15, -0.1) is 0 Å². The Balaban J connectivity index is 1.60. The van der Waals surface area contributed by atoms with E-state index in [0.29, 0.717) is 18.4 Å². The Hall–Kier alpha value is -7.18. The van der Waals surface area contributed by atoms with Crippen molar-refractivity contribution in [2.75, 3.05) is 19.6 Å². The highest BCUT2D eigenvalue weighted by Crippen LogP contribution is 2.23. The van der Waals surface area contributed by atoms with Crippen molar-refractivity contribution in [2.24, 2.45) is 23.3 Å². The van der Waals surface area contributed by atoms with Gasteiger partial charge in [-0.2, -0.15) is 0 Å². The summed E-state index contributed by atoms with van der Waals surface area (Å²) in [5.41, 5.74) is 11.9. The summed E-state index contributed by atoms with van der Waals surface area (Å²) >= 11 is 0. The standard InChI is InChI=1S/C48H73N11O14/c1-25(2)22-32(56-41(65)30(16-18-36(49)60)54-45(69)39(50)26(3)4)42(66)53-27(5)40(64)51-24-37(61)52-28(6)46(70)58-20-10-14-34(58)43(67)55-31(17-19-38(62)63)47(71)59-21-11-15-35(59)44(68)57-33(48(72)73)23-29-12-8-7-9-13-29/h7-9,12-13,25-28,30-35,39H,10-11,14-24,50H2,1-6H3,(H2,49,60)(H,51,64)(H,52,61)(H,53,66)(H,54,69)(H,55,67)(H,56,65)(H,57,68)(H,62,63)(H,72,73)/t27-,28-,30-,31-,32-,33-,34-,35-,39-/m0/s1. The van der Waals surface area contributed by atoms with E-state index in [1.165, 1.54) is 23.6 Å². The van der Waals surface area contributed by atoms with Crippen LogP contribution in [0.5, 0.6) is 0 Å². The predicted molar refractivity (Wildman–Crippen MR) is 261 cm³/mol. The van der Waals surface area contributed by atoms with Crippen LogP contribution < -0.4 is 48.7 Å². The quantitative estimate of drug-likeness (QED) is 0.0414. The van der Waals surface area contributed by atoms with Crippen LogP contribution in [-0.2, 0) is 64.0 Å². The Bertz CT molecular complexity index is 2180. The molecule has 2 aliphatic heterocycles. The maximum atomic E-state index is 14.0. The molecular weight excluding hydrogens is 955 g/mol. The predicted octanol–water partition coefficient (Wildman–Crippen LogP) is -2.48. The summed E-state index contributed by atoms with van der Waals surface area (Å²) < 4.78 is 0. The number of nitrogens with two attached hydrogens (primary N) is 2. The number of carboxylic acid groups (broad SMARTS) is 2. The Morgan fingerprint density at radius 2 is 1.15 bits per heavy atom. The van der Waals surface area contributed by atoms with Gasteiger partial charge in [-0.3, -0.25) is 52.7 Å². The van der Waals surface area contributed by atoms with Gasteiger partial charge in [0, 0.05) is 32.4 Å². The van der Waals surface area contributed by atoms with E-state index in [1.54, 1.807) is 58.0 Å². The molecule has 1 aromatic carbocycles. The van der Waals surface area contributed by atoms with Crippen LogP contribution in [0, 0.1) is 11.8 Å². The molecule has 0 radical (unpaired) electrons. The Morgan fingerprint density at radius 3 is 1.68 bits per heavy atom. The highest BCUT2D eigenvalue weighted by Gasteiger charge is 2.42. The summed E-state index contributed by atoms with van der Waals surface area (Å²) in [6, 6.07) is -2.23. The first-order valence-electron chi connectivity index (χ1n) is 24.5. The largest absolute Gasteiger partial charge is 0.481 e. The second-order valence-electron chi connectivity index (χ2n) is 19.2. The van der Waals surface area contributed by atoms with Crippen molar-refractivity contribution in [1.82, 2.24) is 47.0 Å². The lowest BCUT2D eigenvalue weighted by molar-refractivity contribution is -0.146. The van der Waals surface area contributed by atoms with Gasteiger partial charge in [-0.1, -0.05) is 58.0 Å². The highest BCUT2D eigenvalue weighted by atomic mass is 16.4. The fourth-order valence-corrected chi connectivity index (χ4v) is 8.32. The van der Waals surface area contributed by atoms with Gasteiger partial charge in [-0.05, 0) is 76.2 Å². The number of amides is 10. The van der Waals surface area contributed by atoms with Gasteiger partial charge in [0.2, 0.25) is 59.1 Å². The van der Waals surface area contributed by atoms with Crippen LogP contribution in [0.3, 0.4) is 0 Å². The molecule has 3 rings (SSSR count). The monoisotopic (exact) mass is 1030 g/mol. The molecule has 2 saturated heterocycles. The third-order valence-corrected chi connectivity index (χ3v) is 12.4. The molecule has 0 aliphatic carbocycles. The molecule has 10 amide bonds. The molecule has 13 N–H and O–H groups in total. The summed E-state index contributed by atoms with van der Waals surface area (Å²) in [7, 11) is 0. The summed E-state index contributed by atoms with van der Waals surface area (Å²) in [6.07, 6.45) is -0.160. The molecule has 0 spiro atoms. The summed E-state index contributed by atoms with van der Waals surface area (Å²) in [6.45, 7) is 9.20. The van der Waals surface area contributed by atoms with Gasteiger partial charge < -0.3 is 68.7 Å². The molecule has 0 bridgehead atoms. The number of rotatable bonds is 28. The number of primary amides is 1. The van der Waals surface area contributed by atoms with Crippen LogP contribution in [0.15, 0.2) is 30.3 Å². The van der Waals surface area contributed by atoms with Gasteiger partial charge in [-0.25, -0.2) is 4.79 Å². The number of benzene rings is 1. The topological polar surface area (TPSA) is 388 Å². The molecule has 2 fully saturated rings. The zero-order valence-electron chi connectivity index (χ0n) is 42.3. The Labute approximate surface area is 423 Å². The SMILES string of the molecule is CC(C)C[C@H](NC(=O)[C@H](CCC(N)=O)NC(=O)[C@@H](N)C(C)C)C(=O)N[C@@H](C)C(=O)NCC(=O)N[C@@H](C)C(=O)N1CCC[C@H]1C(=O)N[C@@H](CCC(=O)O)C(=O)N1CCC[C@H]1C(=O)N[C@@H](Cc1ccccc1)C(=O)O. The maximum absolute atomic E-state index is 14.0. The lowest BCUT2D eigenvalue weighted by Crippen LogP contribution is -2.58. The van der Waals surface area contributed by atoms with E-state index in [0.717, 1.165) is 0 Å². The minimum absolute atomic E-state index is 0.0220. The van der Waals surface area contributed by atoms with Crippen LogP contribution in [0.25, 0.3) is 0 Å². The molecule has 9 atom stereocenters. The molecule has 2 heterocycles. The van der Waals surface area contributed by atoms with E-state index in [9.17, 15) is 67.7 Å². The fraction of sp³-hybridized carbons (Fsp3) is 0.625. The van der Waals surface area contributed by atoms with E-state index in [4.69, 9.17) is 11.5 Å². The average Bonchev–Trinajstić information content (AvgIpc) is 4.03. The number of aliphatic carboxylic acids is 2. The maximum Gasteiger partial charge on any atom is 0.326 e. The molecule has 0 aromatic heterocycles. The van der Waals surface area contributed by atoms with Crippen LogP contribution in [0.1, 0.15) is 105 Å². The van der Waals surface area contributed by atoms with Crippen molar-refractivity contribution in [3.63, 3.8) is 0 Å². The Morgan fingerprint density at radius 1 is 0.616 bits per heavy atom. The highest BCUT2D eigenvalue weighted by molar-refractivity contribution is 5.98. The first-order valence-corrected chi connectivity index (χ1v) is 24.5. The number of likely N-dealkylation sites (tertiary alicyclic amines) is 2. The molecule has 404 valence electrons. The second kappa shape index (κ2) is 28.8. The molecule has 1 aromatic rings. The van der Waals surface area contributed by atoms with E-state index >= 15 is 0 Å². The normalized spacial score (nSPS) is 18.2. The number of carbonyl (C=O) groups excluding carboxylic acids is 10. The molecule has 25 heteroatoms. The third-order valence-electron chi connectivity index (χ3n) is 12.4. The van der Waals surface area contributed by atoms with E-state index in [-0.39, 0.29) is 69.9 Å². The zero-order valence-corrected chi connectivity index (χ0v) is 42.3. The summed E-state index contributed by atoms with van der Waals surface area (Å²) in [5, 5.41) is 36.8. The molecule has 0 saturated carbocycles. The van der Waals surface area contributed by atoms with E-state index in [2.05, 4.69) is 37.2 Å². The third kappa shape index (κ3) is 19.1. The fourth-order valence-electron chi connectivity index (χ4n) is 8.32. The lowest BCUT2D eigenvalue weighted by Gasteiger charge is -2.31. The van der Waals surface area contributed by atoms with Gasteiger partial charge in [0.1, 0.15) is 48.3 Å². The smallest absolute Gasteiger partial charge is 0.326 e. The van der Waals surface area contributed by atoms with Gasteiger partial charge >= 0.3 is 11.9 Å². The molecule has 25 nitrogen and oxygen atoms in total. The van der Waals surface area contributed by atoms with Crippen molar-refractivity contribution in [3.05, 3.63) is 35.9 Å². The summed E-state index contributed by atoms with van der Waals surface area (Å²) in [5.74, 6) is -10.4. The Kier molecular flexibility index (Phi) is 23.7. The molecule has 2 aliphatic rings. The average molecular weight is 1030 g/mol. The molecule has 73 heavy (non-hydrogen) atoms. The van der Waals surface area contributed by atoms with E-state index < -0.39 is 138 Å². The van der Waals surface area contributed by atoms with Crippen LogP contribution in [0.4, 0.5) is 0 Å². The van der Waals surface area contributed by atoms with E-state index in [1.807, 2.05) is 0 Å². The van der Waals surface area contributed by atoms with Crippen molar-refractivity contribution < 1.29 is 67.7 Å². The first kappa shape index (κ1) is 60.1. The van der Waals surface area contributed by atoms with Gasteiger partial charge in [0.05, 0.1) is 12.6 Å². The van der Waals surface area contributed by atoms with Gasteiger partial charge in [0.25, 0.3) is 0 Å². The molecular formula is C48H73N11O14. The van der Waals surface area contributed by atoms with Crippen LogP contribution in [-0.4, -0.2) is 165 Å². The number of nitrogens with one attached hydrogen (secondary N) is 7. The van der Waals surface area contributed by atoms with Crippen LogP contribution in [0.2, 0.25) is 0 Å². The molecule has 0 unspecified atom stereocenters. The van der Waals surface area contributed by atoms with Crippen LogP contribution >= 0.6 is 0 Å². The number of carboxylic acids is 2. The zero-order chi connectivity index (χ0) is 54.7. The summed E-state index contributed by atoms with van der Waals surface area (Å²) in [4.78, 5) is 158. The minimum atomic E-state index is -1.43. The second-order valence-corrected chi connectivity index (χ2v) is 19.2. The number of nitrogens with zero attached hydrogens (tertiary/aromatic N) is 2. The first-order chi connectivity index (χ1) is 34.3. The van der Waals surface area contributed by atoms with Crippen molar-refractivity contribution in [1.29, 1.82) is 0 Å². The van der Waals surface area contributed by atoms with Crippen molar-refractivity contribution >= 4 is 71.0 Å². The number of carbonyl (C=O) groups is 12. The van der Waals surface area contributed by atoms with Crippen molar-refractivity contribution in [3.8, 4) is 0 Å².